The number of carbonyl (C=O) groups excluding carboxylic acids is 1. The number of nitrogens with one attached hydrogen (secondary N) is 1. The molecule has 0 aromatic heterocycles. The van der Waals surface area contributed by atoms with Gasteiger partial charge in [0, 0.05) is 25.2 Å². The van der Waals surface area contributed by atoms with E-state index in [-0.39, 0.29) is 5.91 Å². The average Bonchev–Trinajstić information content (AvgIpc) is 2.60. The molecule has 1 amide bonds. The lowest BCUT2D eigenvalue weighted by atomic mass is 10.0. The lowest BCUT2D eigenvalue weighted by Gasteiger charge is -2.31. The summed E-state index contributed by atoms with van der Waals surface area (Å²) >= 11 is 0. The van der Waals surface area contributed by atoms with Crippen molar-refractivity contribution in [1.29, 1.82) is 5.26 Å². The Balaban J connectivity index is 1.61. The fraction of sp³-hybridized carbons (Fsp3) is 0.263. The highest BCUT2D eigenvalue weighted by molar-refractivity contribution is 5.92. The summed E-state index contributed by atoms with van der Waals surface area (Å²) < 4.78 is 0. The van der Waals surface area contributed by atoms with Crippen molar-refractivity contribution in [1.82, 2.24) is 0 Å². The van der Waals surface area contributed by atoms with Crippen LogP contribution in [0.25, 0.3) is 0 Å². The first-order valence-corrected chi connectivity index (χ1v) is 7.90. The van der Waals surface area contributed by atoms with Crippen molar-refractivity contribution in [3.05, 3.63) is 59.7 Å². The third-order valence-electron chi connectivity index (χ3n) is 4.14. The van der Waals surface area contributed by atoms with Gasteiger partial charge in [-0.15, -0.1) is 0 Å². The second-order valence-corrected chi connectivity index (χ2v) is 5.67. The van der Waals surface area contributed by atoms with Crippen LogP contribution in [0.1, 0.15) is 24.0 Å². The van der Waals surface area contributed by atoms with E-state index in [2.05, 4.69) is 34.5 Å². The molecule has 0 atom stereocenters. The van der Waals surface area contributed by atoms with Gasteiger partial charge in [0.2, 0.25) is 5.91 Å². The molecular formula is C19H19N3O. The first-order chi connectivity index (χ1) is 11.3. The van der Waals surface area contributed by atoms with E-state index in [0.29, 0.717) is 24.2 Å². The van der Waals surface area contributed by atoms with E-state index in [1.807, 2.05) is 12.1 Å². The van der Waals surface area contributed by atoms with E-state index in [4.69, 9.17) is 5.26 Å². The minimum Gasteiger partial charge on any atom is -0.371 e. The van der Waals surface area contributed by atoms with Gasteiger partial charge in [0.15, 0.2) is 0 Å². The number of fused-ring (bicyclic) bond motifs is 1. The molecule has 1 aliphatic rings. The Morgan fingerprint density at radius 3 is 2.83 bits per heavy atom. The minimum atomic E-state index is -0.0595. The number of aryl methyl sites for hydroxylation is 1. The van der Waals surface area contributed by atoms with Gasteiger partial charge < -0.3 is 10.2 Å². The number of amides is 1. The standard InChI is InChI=1S/C19H19N3O/c20-14-16-7-1-3-9-17(16)21-19(23)11-13-22-12-5-8-15-6-2-4-10-18(15)22/h1-4,6-7,9-10H,5,8,11-13H2,(H,21,23). The first kappa shape index (κ1) is 15.1. The molecule has 1 aliphatic heterocycles. The van der Waals surface area contributed by atoms with Crippen LogP contribution in [-0.2, 0) is 11.2 Å². The topological polar surface area (TPSA) is 56.1 Å². The van der Waals surface area contributed by atoms with Crippen LogP contribution in [0, 0.1) is 11.3 Å². The quantitative estimate of drug-likeness (QED) is 0.942. The smallest absolute Gasteiger partial charge is 0.226 e. The van der Waals surface area contributed by atoms with Crippen molar-refractivity contribution in [2.24, 2.45) is 0 Å². The highest BCUT2D eigenvalue weighted by Crippen LogP contribution is 2.26. The van der Waals surface area contributed by atoms with Crippen molar-refractivity contribution in [3.63, 3.8) is 0 Å². The summed E-state index contributed by atoms with van der Waals surface area (Å²) in [5, 5.41) is 11.9. The zero-order valence-electron chi connectivity index (χ0n) is 13.0. The molecule has 2 aromatic carbocycles. The molecule has 0 fully saturated rings. The van der Waals surface area contributed by atoms with E-state index in [1.165, 1.54) is 11.3 Å². The van der Waals surface area contributed by atoms with Gasteiger partial charge in [0.05, 0.1) is 11.3 Å². The van der Waals surface area contributed by atoms with Gasteiger partial charge in [-0.1, -0.05) is 30.3 Å². The number of nitriles is 1. The van der Waals surface area contributed by atoms with Crippen LogP contribution < -0.4 is 10.2 Å². The summed E-state index contributed by atoms with van der Waals surface area (Å²) in [5.74, 6) is -0.0595. The van der Waals surface area contributed by atoms with Crippen LogP contribution in [-0.4, -0.2) is 19.0 Å². The molecule has 1 N–H and O–H groups in total. The van der Waals surface area contributed by atoms with E-state index >= 15 is 0 Å². The Morgan fingerprint density at radius 1 is 1.17 bits per heavy atom. The van der Waals surface area contributed by atoms with Gasteiger partial charge in [0.25, 0.3) is 0 Å². The Kier molecular flexibility index (Phi) is 4.58. The van der Waals surface area contributed by atoms with Crippen molar-refractivity contribution >= 4 is 17.3 Å². The second-order valence-electron chi connectivity index (χ2n) is 5.67. The van der Waals surface area contributed by atoms with E-state index in [9.17, 15) is 4.79 Å². The Morgan fingerprint density at radius 2 is 1.96 bits per heavy atom. The first-order valence-electron chi connectivity index (χ1n) is 7.90. The normalized spacial score (nSPS) is 13.1. The number of anilines is 2. The van der Waals surface area contributed by atoms with Gasteiger partial charge >= 0.3 is 0 Å². The summed E-state index contributed by atoms with van der Waals surface area (Å²) in [4.78, 5) is 14.5. The van der Waals surface area contributed by atoms with E-state index < -0.39 is 0 Å². The third-order valence-corrected chi connectivity index (χ3v) is 4.14. The zero-order valence-corrected chi connectivity index (χ0v) is 13.0. The summed E-state index contributed by atoms with van der Waals surface area (Å²) in [6.45, 7) is 1.68. The van der Waals surface area contributed by atoms with Crippen LogP contribution in [0.15, 0.2) is 48.5 Å². The van der Waals surface area contributed by atoms with Gasteiger partial charge in [-0.3, -0.25) is 4.79 Å². The number of hydrogen-bond acceptors (Lipinski definition) is 3. The maximum Gasteiger partial charge on any atom is 0.226 e. The van der Waals surface area contributed by atoms with Crippen LogP contribution in [0.4, 0.5) is 11.4 Å². The molecule has 3 rings (SSSR count). The van der Waals surface area contributed by atoms with Gasteiger partial charge in [-0.25, -0.2) is 0 Å². The van der Waals surface area contributed by atoms with Crippen molar-refractivity contribution < 1.29 is 4.79 Å². The van der Waals surface area contributed by atoms with Crippen LogP contribution in [0.5, 0.6) is 0 Å². The molecule has 116 valence electrons. The highest BCUT2D eigenvalue weighted by atomic mass is 16.1. The van der Waals surface area contributed by atoms with Crippen LogP contribution >= 0.6 is 0 Å². The lowest BCUT2D eigenvalue weighted by molar-refractivity contribution is -0.116. The number of hydrogen-bond donors (Lipinski definition) is 1. The van der Waals surface area contributed by atoms with E-state index in [1.54, 1.807) is 18.2 Å². The van der Waals surface area contributed by atoms with Crippen molar-refractivity contribution in [2.75, 3.05) is 23.3 Å². The largest absolute Gasteiger partial charge is 0.371 e. The van der Waals surface area contributed by atoms with Gasteiger partial charge in [-0.05, 0) is 36.6 Å². The third kappa shape index (κ3) is 3.51. The molecule has 0 radical (unpaired) electrons. The van der Waals surface area contributed by atoms with E-state index in [0.717, 1.165) is 19.4 Å². The van der Waals surface area contributed by atoms with Gasteiger partial charge in [0.1, 0.15) is 6.07 Å². The Hall–Kier alpha value is -2.80. The molecular weight excluding hydrogens is 286 g/mol. The molecule has 4 nitrogen and oxygen atoms in total. The molecule has 0 saturated carbocycles. The number of carbonyl (C=O) groups is 1. The van der Waals surface area contributed by atoms with Crippen molar-refractivity contribution in [2.45, 2.75) is 19.3 Å². The second kappa shape index (κ2) is 6.97. The van der Waals surface area contributed by atoms with Crippen molar-refractivity contribution in [3.8, 4) is 6.07 Å². The Bertz CT molecular complexity index is 748. The average molecular weight is 305 g/mol. The number of benzene rings is 2. The fourth-order valence-electron chi connectivity index (χ4n) is 2.98. The molecule has 23 heavy (non-hydrogen) atoms. The Labute approximate surface area is 136 Å². The summed E-state index contributed by atoms with van der Waals surface area (Å²) in [7, 11) is 0. The van der Waals surface area contributed by atoms with Crippen LogP contribution in [0.2, 0.25) is 0 Å². The summed E-state index contributed by atoms with van der Waals surface area (Å²) in [5.41, 5.74) is 3.67. The molecule has 0 unspecified atom stereocenters. The summed E-state index contributed by atoms with van der Waals surface area (Å²) in [6.07, 6.45) is 2.64. The number of rotatable bonds is 4. The predicted octanol–water partition coefficient (Wildman–Crippen LogP) is 3.34. The monoisotopic (exact) mass is 305 g/mol. The van der Waals surface area contributed by atoms with Gasteiger partial charge in [-0.2, -0.15) is 5.26 Å². The number of nitrogens with zero attached hydrogens (tertiary/aromatic N) is 2. The molecule has 2 aromatic rings. The SMILES string of the molecule is N#Cc1ccccc1NC(=O)CCN1CCCc2ccccc21. The molecule has 0 spiro atoms. The molecule has 0 aliphatic carbocycles. The molecule has 0 bridgehead atoms. The fourth-order valence-corrected chi connectivity index (χ4v) is 2.98. The highest BCUT2D eigenvalue weighted by Gasteiger charge is 2.17. The predicted molar refractivity (Wildman–Crippen MR) is 91.4 cm³/mol. The molecule has 4 heteroatoms. The molecule has 0 saturated heterocycles. The maximum atomic E-state index is 12.2. The van der Waals surface area contributed by atoms with Crippen LogP contribution in [0.3, 0.4) is 0 Å². The maximum absolute atomic E-state index is 12.2. The number of para-hydroxylation sites is 2. The molecule has 1 heterocycles. The minimum absolute atomic E-state index is 0.0595. The zero-order chi connectivity index (χ0) is 16.1. The lowest BCUT2D eigenvalue weighted by Crippen LogP contribution is -2.32. The summed E-state index contributed by atoms with van der Waals surface area (Å²) in [6, 6.07) is 17.5.